The molecule has 2 aromatic carbocycles. The number of pyridine rings is 1. The predicted octanol–water partition coefficient (Wildman–Crippen LogP) is 3.49. The van der Waals surface area contributed by atoms with Crippen LogP contribution >= 0.6 is 11.6 Å². The van der Waals surface area contributed by atoms with Gasteiger partial charge in [0, 0.05) is 28.1 Å². The van der Waals surface area contributed by atoms with Gasteiger partial charge in [-0.1, -0.05) is 11.6 Å². The summed E-state index contributed by atoms with van der Waals surface area (Å²) in [5.74, 6) is -1.40. The van der Waals surface area contributed by atoms with Crippen LogP contribution in [0.1, 0.15) is 37.5 Å². The van der Waals surface area contributed by atoms with Gasteiger partial charge in [-0.3, -0.25) is 13.8 Å². The lowest BCUT2D eigenvalue weighted by molar-refractivity contribution is 0.0600. The SMILES string of the molecule is COC(=O)c1ccc(C(=O)Nc2ccc(Cl)cn2)c(NC(=O)c2ccc(S(C)=O)cc2OCCCN)c1. The smallest absolute Gasteiger partial charge is 0.337 e. The van der Waals surface area contributed by atoms with Crippen molar-refractivity contribution in [2.24, 2.45) is 5.73 Å². The number of rotatable bonds is 10. The normalized spacial score (nSPS) is 11.4. The summed E-state index contributed by atoms with van der Waals surface area (Å²) in [6.45, 7) is 0.637. The van der Waals surface area contributed by atoms with Gasteiger partial charge in [0.1, 0.15) is 11.6 Å². The molecule has 0 aliphatic rings. The van der Waals surface area contributed by atoms with Crippen molar-refractivity contribution in [2.45, 2.75) is 11.3 Å². The minimum Gasteiger partial charge on any atom is -0.493 e. The van der Waals surface area contributed by atoms with Gasteiger partial charge >= 0.3 is 5.97 Å². The number of ether oxygens (including phenoxy) is 2. The first-order chi connectivity index (χ1) is 17.7. The molecule has 1 unspecified atom stereocenters. The van der Waals surface area contributed by atoms with Crippen molar-refractivity contribution in [3.63, 3.8) is 0 Å². The minimum absolute atomic E-state index is 0.0513. The van der Waals surface area contributed by atoms with Crippen molar-refractivity contribution < 1.29 is 28.1 Å². The molecule has 1 atom stereocenters. The van der Waals surface area contributed by atoms with Gasteiger partial charge in [0.2, 0.25) is 0 Å². The molecule has 37 heavy (non-hydrogen) atoms. The first kappa shape index (κ1) is 27.8. The van der Waals surface area contributed by atoms with Crippen molar-refractivity contribution in [1.29, 1.82) is 0 Å². The lowest BCUT2D eigenvalue weighted by Gasteiger charge is -2.15. The number of halogens is 1. The van der Waals surface area contributed by atoms with E-state index >= 15 is 0 Å². The molecule has 0 spiro atoms. The first-order valence-corrected chi connectivity index (χ1v) is 12.9. The van der Waals surface area contributed by atoms with Crippen molar-refractivity contribution in [2.75, 3.05) is 37.2 Å². The van der Waals surface area contributed by atoms with Crippen LogP contribution in [-0.2, 0) is 15.5 Å². The van der Waals surface area contributed by atoms with Gasteiger partial charge in [-0.15, -0.1) is 0 Å². The lowest BCUT2D eigenvalue weighted by atomic mass is 10.1. The van der Waals surface area contributed by atoms with Gasteiger partial charge < -0.3 is 25.8 Å². The van der Waals surface area contributed by atoms with Crippen molar-refractivity contribution in [3.8, 4) is 5.75 Å². The van der Waals surface area contributed by atoms with E-state index in [1.165, 1.54) is 56.0 Å². The number of amides is 2. The van der Waals surface area contributed by atoms with E-state index in [1.807, 2.05) is 0 Å². The molecule has 0 saturated carbocycles. The molecule has 0 aliphatic heterocycles. The third-order valence-electron chi connectivity index (χ3n) is 5.04. The van der Waals surface area contributed by atoms with Crippen molar-refractivity contribution in [1.82, 2.24) is 4.98 Å². The fraction of sp³-hybridized carbons (Fsp3) is 0.200. The number of esters is 1. The van der Waals surface area contributed by atoms with E-state index in [4.69, 9.17) is 26.8 Å². The summed E-state index contributed by atoms with van der Waals surface area (Å²) in [5, 5.41) is 5.69. The van der Waals surface area contributed by atoms with Crippen LogP contribution < -0.4 is 21.1 Å². The first-order valence-electron chi connectivity index (χ1n) is 11.0. The van der Waals surface area contributed by atoms with E-state index < -0.39 is 28.6 Å². The number of anilines is 2. The zero-order valence-corrected chi connectivity index (χ0v) is 21.7. The monoisotopic (exact) mass is 544 g/mol. The second kappa shape index (κ2) is 12.9. The summed E-state index contributed by atoms with van der Waals surface area (Å²) in [6, 6.07) is 11.7. The maximum atomic E-state index is 13.3. The van der Waals surface area contributed by atoms with E-state index in [1.54, 1.807) is 12.1 Å². The second-order valence-electron chi connectivity index (χ2n) is 7.62. The maximum absolute atomic E-state index is 13.3. The van der Waals surface area contributed by atoms with E-state index in [0.717, 1.165) is 0 Å². The molecule has 194 valence electrons. The molecule has 4 N–H and O–H groups in total. The van der Waals surface area contributed by atoms with Gasteiger partial charge in [-0.05, 0) is 61.5 Å². The Morgan fingerprint density at radius 2 is 1.76 bits per heavy atom. The highest BCUT2D eigenvalue weighted by Crippen LogP contribution is 2.26. The van der Waals surface area contributed by atoms with Crippen LogP contribution in [0.4, 0.5) is 11.5 Å². The molecule has 0 fully saturated rings. The number of hydrogen-bond acceptors (Lipinski definition) is 8. The Bertz CT molecular complexity index is 1330. The van der Waals surface area contributed by atoms with Crippen LogP contribution in [0.3, 0.4) is 0 Å². The number of carbonyl (C=O) groups excluding carboxylic acids is 3. The zero-order chi connectivity index (χ0) is 26.9. The number of aromatic nitrogens is 1. The maximum Gasteiger partial charge on any atom is 0.337 e. The Morgan fingerprint density at radius 1 is 1.03 bits per heavy atom. The molecule has 0 saturated heterocycles. The van der Waals surface area contributed by atoms with Crippen LogP contribution in [0.25, 0.3) is 0 Å². The Kier molecular flexibility index (Phi) is 9.72. The standard InChI is InChI=1S/C25H25ClN4O6S/c1-35-25(33)15-4-7-18(23(31)30-22-9-5-16(26)14-28-22)20(12-15)29-24(32)19-8-6-17(37(2)34)13-21(19)36-11-3-10-27/h4-9,12-14H,3,10-11,27H2,1-2H3,(H,29,32)(H,28,30,31). The summed E-state index contributed by atoms with van der Waals surface area (Å²) in [6.07, 6.45) is 3.43. The summed E-state index contributed by atoms with van der Waals surface area (Å²) in [7, 11) is -0.0815. The summed E-state index contributed by atoms with van der Waals surface area (Å²) < 4.78 is 22.4. The second-order valence-corrected chi connectivity index (χ2v) is 9.44. The number of carbonyl (C=O) groups is 3. The number of benzene rings is 2. The molecule has 1 aromatic heterocycles. The van der Waals surface area contributed by atoms with Gasteiger partial charge in [0.15, 0.2) is 0 Å². The molecule has 0 radical (unpaired) electrons. The largest absolute Gasteiger partial charge is 0.493 e. The lowest BCUT2D eigenvalue weighted by Crippen LogP contribution is -2.20. The highest BCUT2D eigenvalue weighted by atomic mass is 35.5. The number of nitrogens with two attached hydrogens (primary N) is 1. The topological polar surface area (TPSA) is 150 Å². The fourth-order valence-electron chi connectivity index (χ4n) is 3.17. The Hall–Kier alpha value is -3.80. The van der Waals surface area contributed by atoms with E-state index in [0.29, 0.717) is 22.9 Å². The molecule has 0 bridgehead atoms. The highest BCUT2D eigenvalue weighted by molar-refractivity contribution is 7.84. The third-order valence-corrected chi connectivity index (χ3v) is 6.18. The molecule has 3 aromatic rings. The average Bonchev–Trinajstić information content (AvgIpc) is 2.89. The van der Waals surface area contributed by atoms with E-state index in [2.05, 4.69) is 15.6 Å². The van der Waals surface area contributed by atoms with Gasteiger partial charge in [0.05, 0.1) is 41.1 Å². The molecular formula is C25H25ClN4O6S. The van der Waals surface area contributed by atoms with Crippen molar-refractivity contribution in [3.05, 3.63) is 76.4 Å². The summed E-state index contributed by atoms with van der Waals surface area (Å²) >= 11 is 5.85. The molecule has 12 heteroatoms. The Morgan fingerprint density at radius 3 is 2.41 bits per heavy atom. The van der Waals surface area contributed by atoms with Crippen LogP contribution in [0.15, 0.2) is 59.6 Å². The zero-order valence-electron chi connectivity index (χ0n) is 20.1. The summed E-state index contributed by atoms with van der Waals surface area (Å²) in [5.41, 5.74) is 5.91. The highest BCUT2D eigenvalue weighted by Gasteiger charge is 2.21. The quantitative estimate of drug-likeness (QED) is 0.259. The summed E-state index contributed by atoms with van der Waals surface area (Å²) in [4.78, 5) is 43.0. The van der Waals surface area contributed by atoms with Gasteiger partial charge in [-0.25, -0.2) is 9.78 Å². The predicted molar refractivity (Wildman–Crippen MR) is 141 cm³/mol. The van der Waals surface area contributed by atoms with Crippen molar-refractivity contribution >= 4 is 51.7 Å². The number of nitrogens with one attached hydrogen (secondary N) is 2. The molecule has 10 nitrogen and oxygen atoms in total. The molecule has 0 aliphatic carbocycles. The minimum atomic E-state index is -1.30. The van der Waals surface area contributed by atoms with Gasteiger partial charge in [0.25, 0.3) is 11.8 Å². The van der Waals surface area contributed by atoms with Crippen LogP contribution in [-0.4, -0.2) is 53.5 Å². The molecular weight excluding hydrogens is 520 g/mol. The fourth-order valence-corrected chi connectivity index (χ4v) is 3.81. The van der Waals surface area contributed by atoms with Crippen LogP contribution in [0, 0.1) is 0 Å². The van der Waals surface area contributed by atoms with Crippen LogP contribution in [0.2, 0.25) is 5.02 Å². The third kappa shape index (κ3) is 7.35. The van der Waals surface area contributed by atoms with Gasteiger partial charge in [-0.2, -0.15) is 0 Å². The molecule has 3 rings (SSSR count). The number of hydrogen-bond donors (Lipinski definition) is 3. The van der Waals surface area contributed by atoms with E-state index in [-0.39, 0.29) is 40.6 Å². The molecule has 2 amide bonds. The number of methoxy groups -OCH3 is 1. The van der Waals surface area contributed by atoms with E-state index in [9.17, 15) is 18.6 Å². The molecule has 1 heterocycles. The Labute approximate surface area is 221 Å². The Balaban J connectivity index is 1.96. The average molecular weight is 545 g/mol. The number of nitrogens with zero attached hydrogens (tertiary/aromatic N) is 1. The van der Waals surface area contributed by atoms with Crippen LogP contribution in [0.5, 0.6) is 5.75 Å².